The predicted molar refractivity (Wildman–Crippen MR) is 132 cm³/mol. The Labute approximate surface area is 197 Å². The summed E-state index contributed by atoms with van der Waals surface area (Å²) >= 11 is 0. The summed E-state index contributed by atoms with van der Waals surface area (Å²) in [4.78, 5) is 12.9. The summed E-state index contributed by atoms with van der Waals surface area (Å²) in [5.74, 6) is 5.99. The molecule has 4 aliphatic rings. The third kappa shape index (κ3) is 4.36. The summed E-state index contributed by atoms with van der Waals surface area (Å²) in [5.41, 5.74) is 0.420. The molecule has 0 heterocycles. The van der Waals surface area contributed by atoms with E-state index in [4.69, 9.17) is 6.42 Å². The topological polar surface area (TPSA) is 37.3 Å². The first-order valence-electron chi connectivity index (χ1n) is 13.9. The minimum atomic E-state index is -0.916. The number of aliphatic hydroxyl groups is 1. The number of terminal acetylenes is 1. The first-order chi connectivity index (χ1) is 15.4. The third-order valence-electron chi connectivity index (χ3n) is 10.3. The van der Waals surface area contributed by atoms with Crippen LogP contribution in [0.2, 0.25) is 0 Å². The number of carbonyl (C=O) groups excluding carboxylic acids is 1. The monoisotopic (exact) mass is 438 g/mol. The molecule has 0 bridgehead atoms. The van der Waals surface area contributed by atoms with Crippen molar-refractivity contribution in [3.8, 4) is 12.3 Å². The number of ketones is 1. The normalized spacial score (nSPS) is 40.8. The van der Waals surface area contributed by atoms with Crippen LogP contribution in [0.3, 0.4) is 0 Å². The van der Waals surface area contributed by atoms with Gasteiger partial charge in [0.1, 0.15) is 5.60 Å². The Kier molecular flexibility index (Phi) is 7.56. The summed E-state index contributed by atoms with van der Waals surface area (Å²) in [6.45, 7) is 4.54. The molecule has 4 rings (SSSR count). The lowest BCUT2D eigenvalue weighted by Gasteiger charge is -2.55. The van der Waals surface area contributed by atoms with E-state index in [1.165, 1.54) is 69.8 Å². The van der Waals surface area contributed by atoms with Gasteiger partial charge in [0.05, 0.1) is 0 Å². The molecule has 4 aliphatic carbocycles. The summed E-state index contributed by atoms with van der Waals surface area (Å²) in [7, 11) is 0. The summed E-state index contributed by atoms with van der Waals surface area (Å²) < 4.78 is 0. The van der Waals surface area contributed by atoms with Gasteiger partial charge in [-0.15, -0.1) is 6.42 Å². The number of carbonyl (C=O) groups is 1. The van der Waals surface area contributed by atoms with Gasteiger partial charge in [-0.25, -0.2) is 0 Å². The summed E-state index contributed by atoms with van der Waals surface area (Å²) in [6.07, 6.45) is 27.0. The highest BCUT2D eigenvalue weighted by Gasteiger charge is 2.62. The molecule has 0 spiro atoms. The van der Waals surface area contributed by atoms with Crippen LogP contribution in [0.5, 0.6) is 0 Å². The molecule has 0 aliphatic heterocycles. The predicted octanol–water partition coefficient (Wildman–Crippen LogP) is 7.25. The van der Waals surface area contributed by atoms with Gasteiger partial charge in [0.2, 0.25) is 0 Å². The molecule has 0 radical (unpaired) electrons. The Bertz CT molecular complexity index is 744. The highest BCUT2D eigenvalue weighted by Crippen LogP contribution is 2.64. The average Bonchev–Trinajstić information content (AvgIpc) is 3.07. The standard InChI is InChI=1S/C30H46O2/c1-4-6-7-8-9-10-11-12-13-23-20-26-22(21-28(23)31)14-15-25-24(26)16-18-29(3)27(25)17-19-30(29,32)5-2/h2,21,23-27,32H,4,6-20H2,1,3H3/t23?,24-,25+,26-,27-,29-,30-/m0/s1. The summed E-state index contributed by atoms with van der Waals surface area (Å²) in [6, 6.07) is 0. The van der Waals surface area contributed by atoms with Gasteiger partial charge in [-0.3, -0.25) is 4.79 Å². The van der Waals surface area contributed by atoms with Crippen molar-refractivity contribution < 1.29 is 9.90 Å². The fraction of sp³-hybridized carbons (Fsp3) is 0.833. The maximum Gasteiger partial charge on any atom is 0.158 e. The van der Waals surface area contributed by atoms with Gasteiger partial charge in [-0.1, -0.05) is 76.7 Å². The van der Waals surface area contributed by atoms with Gasteiger partial charge in [-0.05, 0) is 81.1 Å². The van der Waals surface area contributed by atoms with Crippen molar-refractivity contribution in [2.75, 3.05) is 0 Å². The van der Waals surface area contributed by atoms with Crippen molar-refractivity contribution in [2.24, 2.45) is 35.0 Å². The molecular weight excluding hydrogens is 392 g/mol. The van der Waals surface area contributed by atoms with E-state index < -0.39 is 5.60 Å². The SMILES string of the molecule is C#C[C@]1(O)CC[C@H]2[C@@H]3CCC4=CC(=O)C(CCCCCCCCCC)C[C@@H]4[C@H]3CC[C@@]21C. The zero-order chi connectivity index (χ0) is 22.8. The second-order valence-corrected chi connectivity index (χ2v) is 11.9. The molecule has 2 heteroatoms. The Morgan fingerprint density at radius 3 is 2.47 bits per heavy atom. The smallest absolute Gasteiger partial charge is 0.158 e. The number of hydrogen-bond donors (Lipinski definition) is 1. The lowest BCUT2D eigenvalue weighted by atomic mass is 9.50. The average molecular weight is 439 g/mol. The van der Waals surface area contributed by atoms with Crippen molar-refractivity contribution in [1.82, 2.24) is 0 Å². The van der Waals surface area contributed by atoms with Crippen molar-refractivity contribution in [1.29, 1.82) is 0 Å². The molecule has 1 unspecified atom stereocenters. The van der Waals surface area contributed by atoms with Crippen LogP contribution < -0.4 is 0 Å². The molecule has 178 valence electrons. The van der Waals surface area contributed by atoms with E-state index in [0.717, 1.165) is 38.5 Å². The fourth-order valence-electron chi connectivity index (χ4n) is 8.29. The van der Waals surface area contributed by atoms with Crippen LogP contribution in [0.25, 0.3) is 0 Å². The van der Waals surface area contributed by atoms with Crippen LogP contribution in [0.1, 0.15) is 117 Å². The highest BCUT2D eigenvalue weighted by molar-refractivity contribution is 5.93. The molecule has 0 amide bonds. The molecule has 2 nitrogen and oxygen atoms in total. The number of unbranched alkanes of at least 4 members (excludes halogenated alkanes) is 7. The second kappa shape index (κ2) is 10.0. The van der Waals surface area contributed by atoms with Gasteiger partial charge in [0.15, 0.2) is 5.78 Å². The molecule has 3 fully saturated rings. The molecule has 0 saturated heterocycles. The summed E-state index contributed by atoms with van der Waals surface area (Å²) in [5, 5.41) is 11.2. The molecule has 0 aromatic rings. The van der Waals surface area contributed by atoms with E-state index in [9.17, 15) is 9.90 Å². The van der Waals surface area contributed by atoms with Crippen LogP contribution in [-0.4, -0.2) is 16.5 Å². The van der Waals surface area contributed by atoms with Gasteiger partial charge in [0.25, 0.3) is 0 Å². The number of hydrogen-bond acceptors (Lipinski definition) is 2. The minimum Gasteiger partial charge on any atom is -0.377 e. The van der Waals surface area contributed by atoms with E-state index in [1.807, 2.05) is 0 Å². The van der Waals surface area contributed by atoms with Gasteiger partial charge in [-0.2, -0.15) is 0 Å². The van der Waals surface area contributed by atoms with Crippen LogP contribution in [-0.2, 0) is 4.79 Å². The van der Waals surface area contributed by atoms with Gasteiger partial charge < -0.3 is 5.11 Å². The highest BCUT2D eigenvalue weighted by atomic mass is 16.3. The molecular formula is C30H46O2. The van der Waals surface area contributed by atoms with Crippen LogP contribution in [0, 0.1) is 47.3 Å². The van der Waals surface area contributed by atoms with E-state index >= 15 is 0 Å². The number of allylic oxidation sites excluding steroid dienone is 1. The van der Waals surface area contributed by atoms with Gasteiger partial charge in [0, 0.05) is 11.3 Å². The molecule has 1 N–H and O–H groups in total. The first-order valence-corrected chi connectivity index (χ1v) is 13.9. The Morgan fingerprint density at radius 2 is 1.75 bits per heavy atom. The molecule has 32 heavy (non-hydrogen) atoms. The zero-order valence-electron chi connectivity index (χ0n) is 20.7. The van der Waals surface area contributed by atoms with Crippen molar-refractivity contribution in [2.45, 2.75) is 122 Å². The number of fused-ring (bicyclic) bond motifs is 5. The first kappa shape index (κ1) is 24.1. The largest absolute Gasteiger partial charge is 0.377 e. The Hall–Kier alpha value is -1.07. The number of rotatable bonds is 9. The zero-order valence-corrected chi connectivity index (χ0v) is 20.7. The van der Waals surface area contributed by atoms with E-state index in [0.29, 0.717) is 29.5 Å². The van der Waals surface area contributed by atoms with Crippen LogP contribution >= 0.6 is 0 Å². The van der Waals surface area contributed by atoms with Crippen LogP contribution in [0.15, 0.2) is 11.6 Å². The van der Waals surface area contributed by atoms with Gasteiger partial charge >= 0.3 is 0 Å². The minimum absolute atomic E-state index is 0.120. The maximum absolute atomic E-state index is 12.9. The fourth-order valence-corrected chi connectivity index (χ4v) is 8.29. The Balaban J connectivity index is 1.33. The van der Waals surface area contributed by atoms with E-state index in [-0.39, 0.29) is 11.3 Å². The maximum atomic E-state index is 12.9. The second-order valence-electron chi connectivity index (χ2n) is 11.9. The molecule has 3 saturated carbocycles. The molecule has 0 aromatic heterocycles. The Morgan fingerprint density at radius 1 is 1.03 bits per heavy atom. The van der Waals surface area contributed by atoms with Crippen molar-refractivity contribution in [3.05, 3.63) is 11.6 Å². The van der Waals surface area contributed by atoms with E-state index in [1.54, 1.807) is 0 Å². The van der Waals surface area contributed by atoms with E-state index in [2.05, 4.69) is 25.8 Å². The third-order valence-corrected chi connectivity index (χ3v) is 10.3. The quantitative estimate of drug-likeness (QED) is 0.304. The van der Waals surface area contributed by atoms with Crippen LogP contribution in [0.4, 0.5) is 0 Å². The molecule has 0 aromatic carbocycles. The molecule has 7 atom stereocenters. The van der Waals surface area contributed by atoms with Crippen molar-refractivity contribution in [3.63, 3.8) is 0 Å². The van der Waals surface area contributed by atoms with Crippen molar-refractivity contribution >= 4 is 5.78 Å². The lowest BCUT2D eigenvalue weighted by molar-refractivity contribution is -0.121. The lowest BCUT2D eigenvalue weighted by Crippen LogP contribution is -2.52.